The average molecular weight is 329 g/mol. The van der Waals surface area contributed by atoms with Crippen molar-refractivity contribution in [1.82, 2.24) is 10.4 Å². The van der Waals surface area contributed by atoms with Crippen LogP contribution in [0.3, 0.4) is 0 Å². The van der Waals surface area contributed by atoms with Gasteiger partial charge in [-0.05, 0) is 26.0 Å². The quantitative estimate of drug-likeness (QED) is 0.264. The number of esters is 2. The van der Waals surface area contributed by atoms with Crippen LogP contribution >= 0.6 is 0 Å². The Morgan fingerprint density at radius 2 is 1.75 bits per heavy atom. The predicted octanol–water partition coefficient (Wildman–Crippen LogP) is 2.11. The lowest BCUT2D eigenvalue weighted by molar-refractivity contribution is -0.146. The fourth-order valence-corrected chi connectivity index (χ4v) is 1.95. The maximum absolute atomic E-state index is 11.8. The third kappa shape index (κ3) is 4.45. The molecule has 0 radical (unpaired) electrons. The third-order valence-corrected chi connectivity index (χ3v) is 2.99. The minimum atomic E-state index is -0.752. The maximum Gasteiger partial charge on any atom is 0.347 e. The molecular weight excluding hydrogens is 310 g/mol. The van der Waals surface area contributed by atoms with Crippen LogP contribution in [0.5, 0.6) is 0 Å². The molecule has 0 saturated heterocycles. The van der Waals surface area contributed by atoms with Crippen molar-refractivity contribution in [2.24, 2.45) is 0 Å². The van der Waals surface area contributed by atoms with Crippen molar-refractivity contribution in [2.75, 3.05) is 18.6 Å². The van der Waals surface area contributed by atoms with Gasteiger partial charge in [-0.2, -0.15) is 0 Å². The molecule has 24 heavy (non-hydrogen) atoms. The minimum Gasteiger partial charge on any atom is -0.462 e. The van der Waals surface area contributed by atoms with Gasteiger partial charge in [-0.25, -0.2) is 14.6 Å². The average Bonchev–Trinajstić information content (AvgIpc) is 2.81. The molecule has 0 amide bonds. The number of anilines is 1. The first-order valence-electron chi connectivity index (χ1n) is 7.57. The highest BCUT2D eigenvalue weighted by Gasteiger charge is 2.20. The summed E-state index contributed by atoms with van der Waals surface area (Å²) in [4.78, 5) is 28.0. The largest absolute Gasteiger partial charge is 0.462 e. The van der Waals surface area contributed by atoms with Gasteiger partial charge in [-0.15, -0.1) is 0 Å². The Bertz CT molecular complexity index is 664. The van der Waals surface area contributed by atoms with Gasteiger partial charge in [0.15, 0.2) is 5.57 Å². The summed E-state index contributed by atoms with van der Waals surface area (Å²) < 4.78 is 9.68. The maximum atomic E-state index is 11.8. The molecular formula is C17H19N3O4. The summed E-state index contributed by atoms with van der Waals surface area (Å²) >= 11 is 0. The van der Waals surface area contributed by atoms with Crippen LogP contribution in [0.1, 0.15) is 13.8 Å². The number of hydrogen-bond acceptors (Lipinski definition) is 7. The highest BCUT2D eigenvalue weighted by atomic mass is 16.6. The highest BCUT2D eigenvalue weighted by molar-refractivity contribution is 6.13. The first-order valence-corrected chi connectivity index (χ1v) is 7.57. The molecule has 0 fully saturated rings. The van der Waals surface area contributed by atoms with Crippen LogP contribution in [0.2, 0.25) is 0 Å². The van der Waals surface area contributed by atoms with E-state index in [0.717, 1.165) is 11.3 Å². The number of rotatable bonds is 7. The summed E-state index contributed by atoms with van der Waals surface area (Å²) in [6.07, 6.45) is 1.20. The molecule has 0 atom stereocenters. The van der Waals surface area contributed by atoms with Gasteiger partial charge in [0.05, 0.1) is 18.9 Å². The molecule has 0 aromatic heterocycles. The van der Waals surface area contributed by atoms with E-state index >= 15 is 0 Å². The number of fused-ring (bicyclic) bond motifs is 1. The van der Waals surface area contributed by atoms with Gasteiger partial charge in [0.1, 0.15) is 5.82 Å². The summed E-state index contributed by atoms with van der Waals surface area (Å²) in [5, 5.41) is 0. The molecule has 7 heteroatoms. The molecule has 1 aliphatic heterocycles. The van der Waals surface area contributed by atoms with Crippen molar-refractivity contribution < 1.29 is 19.1 Å². The SMILES string of the molecule is CCOC(=O)C(=CNNc1cc2cccccc-2n1)C(=O)OCC. The Hall–Kier alpha value is -3.09. The number of hydrogen-bond donors (Lipinski definition) is 2. The van der Waals surface area contributed by atoms with Gasteiger partial charge in [-0.3, -0.25) is 5.43 Å². The summed E-state index contributed by atoms with van der Waals surface area (Å²) in [6.45, 7) is 3.64. The van der Waals surface area contributed by atoms with E-state index in [1.54, 1.807) is 13.8 Å². The Balaban J connectivity index is 2.09. The zero-order valence-corrected chi connectivity index (χ0v) is 13.5. The topological polar surface area (TPSA) is 89.5 Å². The molecule has 0 saturated carbocycles. The second-order valence-electron chi connectivity index (χ2n) is 4.66. The van der Waals surface area contributed by atoms with Crippen molar-refractivity contribution >= 4 is 17.8 Å². The third-order valence-electron chi connectivity index (χ3n) is 2.99. The molecule has 126 valence electrons. The predicted molar refractivity (Wildman–Crippen MR) is 89.0 cm³/mol. The number of carbonyl (C=O) groups is 2. The first kappa shape index (κ1) is 17.3. The summed E-state index contributed by atoms with van der Waals surface area (Å²) in [7, 11) is 0. The molecule has 2 N–H and O–H groups in total. The molecule has 7 nitrogen and oxygen atoms in total. The second kappa shape index (κ2) is 8.52. The lowest BCUT2D eigenvalue weighted by Gasteiger charge is -2.08. The van der Waals surface area contributed by atoms with Gasteiger partial charge in [0.25, 0.3) is 0 Å². The van der Waals surface area contributed by atoms with E-state index in [9.17, 15) is 9.59 Å². The van der Waals surface area contributed by atoms with E-state index in [4.69, 9.17) is 9.47 Å². The Kier molecular flexibility index (Phi) is 6.13. The van der Waals surface area contributed by atoms with Crippen LogP contribution < -0.4 is 10.9 Å². The molecule has 1 aliphatic carbocycles. The van der Waals surface area contributed by atoms with Crippen LogP contribution in [-0.2, 0) is 19.1 Å². The lowest BCUT2D eigenvalue weighted by Crippen LogP contribution is -2.23. The van der Waals surface area contributed by atoms with Crippen molar-refractivity contribution in [2.45, 2.75) is 13.8 Å². The van der Waals surface area contributed by atoms with E-state index in [-0.39, 0.29) is 18.8 Å². The van der Waals surface area contributed by atoms with Crippen molar-refractivity contribution in [1.29, 1.82) is 0 Å². The van der Waals surface area contributed by atoms with E-state index in [0.29, 0.717) is 5.82 Å². The molecule has 2 aliphatic rings. The fraction of sp³-hybridized carbons (Fsp3) is 0.235. The van der Waals surface area contributed by atoms with Crippen LogP contribution in [0.15, 0.2) is 48.2 Å². The number of carbonyl (C=O) groups excluding carboxylic acids is 2. The monoisotopic (exact) mass is 329 g/mol. The van der Waals surface area contributed by atoms with E-state index in [1.807, 2.05) is 36.4 Å². The van der Waals surface area contributed by atoms with Crippen LogP contribution in [0.25, 0.3) is 11.3 Å². The zero-order valence-electron chi connectivity index (χ0n) is 13.5. The highest BCUT2D eigenvalue weighted by Crippen LogP contribution is 2.23. The number of nitrogens with one attached hydrogen (secondary N) is 2. The number of nitrogens with zero attached hydrogens (tertiary/aromatic N) is 1. The Morgan fingerprint density at radius 1 is 1.08 bits per heavy atom. The van der Waals surface area contributed by atoms with Crippen LogP contribution in [0.4, 0.5) is 5.82 Å². The smallest absolute Gasteiger partial charge is 0.347 e. The minimum absolute atomic E-state index is 0.163. The standard InChI is InChI=1S/C17H19N3O4/c1-3-23-16(21)13(17(22)24-4-2)11-18-20-15-10-12-8-6-5-7-9-14(12)19-15/h5-11,18H,3-4H2,1-2H3,(H,19,20). The number of hydrazine groups is 1. The van der Waals surface area contributed by atoms with Gasteiger partial charge in [-0.1, -0.05) is 24.3 Å². The van der Waals surface area contributed by atoms with Gasteiger partial charge < -0.3 is 14.9 Å². The van der Waals surface area contributed by atoms with Gasteiger partial charge in [0.2, 0.25) is 0 Å². The van der Waals surface area contributed by atoms with Crippen LogP contribution in [-0.4, -0.2) is 30.1 Å². The Labute approximate surface area is 140 Å². The molecule has 0 bridgehead atoms. The lowest BCUT2D eigenvalue weighted by atomic mass is 10.2. The zero-order chi connectivity index (χ0) is 17.4. The van der Waals surface area contributed by atoms with Gasteiger partial charge >= 0.3 is 11.9 Å². The van der Waals surface area contributed by atoms with Crippen molar-refractivity contribution in [3.8, 4) is 11.3 Å². The molecule has 2 rings (SSSR count). The first-order chi connectivity index (χ1) is 11.7. The molecule has 0 unspecified atom stereocenters. The van der Waals surface area contributed by atoms with Crippen LogP contribution in [0, 0.1) is 0 Å². The molecule has 1 heterocycles. The van der Waals surface area contributed by atoms with Crippen molar-refractivity contribution in [3.05, 3.63) is 48.2 Å². The number of ether oxygens (including phenoxy) is 2. The normalized spacial score (nSPS) is 9.92. The Morgan fingerprint density at radius 3 is 2.42 bits per heavy atom. The molecule has 0 aromatic rings. The van der Waals surface area contributed by atoms with E-state index in [2.05, 4.69) is 15.8 Å². The van der Waals surface area contributed by atoms with E-state index < -0.39 is 11.9 Å². The van der Waals surface area contributed by atoms with Gasteiger partial charge in [0, 0.05) is 11.8 Å². The summed E-state index contributed by atoms with van der Waals surface area (Å²) in [6, 6.07) is 11.4. The van der Waals surface area contributed by atoms with E-state index in [1.165, 1.54) is 6.20 Å². The fourth-order valence-electron chi connectivity index (χ4n) is 1.95. The summed E-state index contributed by atoms with van der Waals surface area (Å²) in [5.74, 6) is -0.949. The summed E-state index contributed by atoms with van der Waals surface area (Å²) in [5.41, 5.74) is 7.05. The number of aromatic nitrogens is 1. The second-order valence-corrected chi connectivity index (χ2v) is 4.66. The van der Waals surface area contributed by atoms with Crippen molar-refractivity contribution in [3.63, 3.8) is 0 Å². The molecule has 0 spiro atoms. The molecule has 0 aromatic carbocycles.